The molecule has 0 unspecified atom stereocenters. The largest absolute Gasteiger partial charge is 0.505 e. The Morgan fingerprint density at radius 1 is 0.897 bits per heavy atom. The molecule has 0 saturated carbocycles. The number of halogens is 2. The zero-order chi connectivity index (χ0) is 20.4. The van der Waals surface area contributed by atoms with Crippen molar-refractivity contribution in [3.8, 4) is 39.1 Å². The fraction of sp³-hybridized carbons (Fsp3) is 0.125. The zero-order valence-corrected chi connectivity index (χ0v) is 15.9. The minimum atomic E-state index is -1.24. The fourth-order valence-electron chi connectivity index (χ4n) is 3.64. The number of H-pyrrole nitrogens is 1. The molecule has 4 rings (SSSR count). The standard InChI is InChI=1S/C24H20F2N2O/c1-2-6-15-11-19(17-13-27-28-14-17)22(16-7-4-3-5-8-16)20(12-15)18-9-10-21(29)24(26)23(18)25/h3-5,7-14,29H,2,6H2,1H3,(H,27,28). The molecule has 0 fully saturated rings. The number of benzene rings is 3. The van der Waals surface area contributed by atoms with Crippen molar-refractivity contribution >= 4 is 0 Å². The van der Waals surface area contributed by atoms with Crippen LogP contribution in [0.15, 0.2) is 67.0 Å². The molecule has 29 heavy (non-hydrogen) atoms. The van der Waals surface area contributed by atoms with Gasteiger partial charge in [0.1, 0.15) is 0 Å². The van der Waals surface area contributed by atoms with Crippen molar-refractivity contribution in [3.05, 3.63) is 84.2 Å². The van der Waals surface area contributed by atoms with E-state index in [4.69, 9.17) is 0 Å². The third kappa shape index (κ3) is 3.51. The Morgan fingerprint density at radius 2 is 1.66 bits per heavy atom. The first-order valence-electron chi connectivity index (χ1n) is 9.49. The van der Waals surface area contributed by atoms with Gasteiger partial charge in [0.2, 0.25) is 5.82 Å². The smallest absolute Gasteiger partial charge is 0.200 e. The quantitative estimate of drug-likeness (QED) is 0.417. The van der Waals surface area contributed by atoms with E-state index < -0.39 is 17.4 Å². The van der Waals surface area contributed by atoms with Gasteiger partial charge in [-0.3, -0.25) is 5.10 Å². The Hall–Kier alpha value is -3.47. The molecule has 3 nitrogen and oxygen atoms in total. The van der Waals surface area contributed by atoms with Gasteiger partial charge < -0.3 is 5.11 Å². The van der Waals surface area contributed by atoms with Crippen molar-refractivity contribution in [2.45, 2.75) is 19.8 Å². The van der Waals surface area contributed by atoms with Crippen LogP contribution in [-0.4, -0.2) is 15.3 Å². The highest BCUT2D eigenvalue weighted by atomic mass is 19.2. The maximum Gasteiger partial charge on any atom is 0.200 e. The summed E-state index contributed by atoms with van der Waals surface area (Å²) in [6.07, 6.45) is 5.22. The summed E-state index contributed by atoms with van der Waals surface area (Å²) in [7, 11) is 0. The summed E-state index contributed by atoms with van der Waals surface area (Å²) in [5.74, 6) is -3.01. The van der Waals surface area contributed by atoms with Crippen molar-refractivity contribution < 1.29 is 13.9 Å². The van der Waals surface area contributed by atoms with Crippen LogP contribution >= 0.6 is 0 Å². The van der Waals surface area contributed by atoms with E-state index in [-0.39, 0.29) is 5.56 Å². The molecule has 0 aliphatic rings. The predicted octanol–water partition coefficient (Wildman–Crippen LogP) is 6.35. The molecule has 5 heteroatoms. The molecule has 0 bridgehead atoms. The first-order chi connectivity index (χ1) is 14.1. The molecular formula is C24H20F2N2O. The Bertz CT molecular complexity index is 1140. The highest BCUT2D eigenvalue weighted by Crippen LogP contribution is 2.42. The van der Waals surface area contributed by atoms with E-state index in [1.54, 1.807) is 12.4 Å². The van der Waals surface area contributed by atoms with Gasteiger partial charge in [0, 0.05) is 17.3 Å². The first-order valence-corrected chi connectivity index (χ1v) is 9.49. The van der Waals surface area contributed by atoms with Crippen molar-refractivity contribution in [1.82, 2.24) is 10.2 Å². The number of aromatic hydroxyl groups is 1. The van der Waals surface area contributed by atoms with Crippen LogP contribution in [0.1, 0.15) is 18.9 Å². The molecule has 0 spiro atoms. The van der Waals surface area contributed by atoms with Gasteiger partial charge in [-0.25, -0.2) is 4.39 Å². The topological polar surface area (TPSA) is 48.9 Å². The molecular weight excluding hydrogens is 370 g/mol. The molecule has 1 heterocycles. The maximum atomic E-state index is 14.9. The van der Waals surface area contributed by atoms with E-state index >= 15 is 0 Å². The van der Waals surface area contributed by atoms with Crippen LogP contribution in [0.5, 0.6) is 5.75 Å². The Balaban J connectivity index is 2.10. The number of aryl methyl sites for hydroxylation is 1. The number of aromatic amines is 1. The summed E-state index contributed by atoms with van der Waals surface area (Å²) in [6.45, 7) is 2.07. The van der Waals surface area contributed by atoms with Gasteiger partial charge in [-0.05, 0) is 46.4 Å². The minimum absolute atomic E-state index is 0.113. The average Bonchev–Trinajstić information content (AvgIpc) is 3.27. The summed E-state index contributed by atoms with van der Waals surface area (Å²) in [6, 6.07) is 16.2. The molecule has 0 aliphatic carbocycles. The minimum Gasteiger partial charge on any atom is -0.505 e. The van der Waals surface area contributed by atoms with Crippen molar-refractivity contribution in [2.75, 3.05) is 0 Å². The highest BCUT2D eigenvalue weighted by Gasteiger charge is 2.21. The normalized spacial score (nSPS) is 11.0. The summed E-state index contributed by atoms with van der Waals surface area (Å²) in [5, 5.41) is 16.5. The van der Waals surface area contributed by atoms with Crippen LogP contribution in [-0.2, 0) is 6.42 Å². The number of aromatic nitrogens is 2. The first kappa shape index (κ1) is 18.9. The average molecular weight is 390 g/mol. The third-order valence-corrected chi connectivity index (χ3v) is 4.96. The summed E-state index contributed by atoms with van der Waals surface area (Å²) >= 11 is 0. The summed E-state index contributed by atoms with van der Waals surface area (Å²) in [4.78, 5) is 0. The van der Waals surface area contributed by atoms with E-state index in [2.05, 4.69) is 23.2 Å². The van der Waals surface area contributed by atoms with Gasteiger partial charge in [-0.15, -0.1) is 0 Å². The highest BCUT2D eigenvalue weighted by molar-refractivity contribution is 5.95. The number of rotatable bonds is 5. The molecule has 0 radical (unpaired) electrons. The van der Waals surface area contributed by atoms with Crippen LogP contribution in [0.2, 0.25) is 0 Å². The second kappa shape index (κ2) is 7.87. The molecule has 0 saturated heterocycles. The monoisotopic (exact) mass is 390 g/mol. The van der Waals surface area contributed by atoms with Gasteiger partial charge >= 0.3 is 0 Å². The van der Waals surface area contributed by atoms with E-state index in [9.17, 15) is 13.9 Å². The fourth-order valence-corrected chi connectivity index (χ4v) is 3.64. The van der Waals surface area contributed by atoms with Crippen LogP contribution in [0.3, 0.4) is 0 Å². The lowest BCUT2D eigenvalue weighted by Crippen LogP contribution is -1.97. The number of hydrogen-bond acceptors (Lipinski definition) is 2. The molecule has 0 atom stereocenters. The van der Waals surface area contributed by atoms with Crippen LogP contribution in [0.4, 0.5) is 8.78 Å². The van der Waals surface area contributed by atoms with E-state index in [0.29, 0.717) is 5.56 Å². The third-order valence-electron chi connectivity index (χ3n) is 4.96. The molecule has 0 aliphatic heterocycles. The Kier molecular flexibility index (Phi) is 5.12. The van der Waals surface area contributed by atoms with Crippen molar-refractivity contribution in [1.29, 1.82) is 0 Å². The Labute approximate surface area is 167 Å². The summed E-state index contributed by atoms with van der Waals surface area (Å²) < 4.78 is 29.1. The lowest BCUT2D eigenvalue weighted by atomic mass is 9.85. The van der Waals surface area contributed by atoms with Gasteiger partial charge in [0.15, 0.2) is 11.6 Å². The molecule has 2 N–H and O–H groups in total. The molecule has 3 aromatic carbocycles. The Morgan fingerprint density at radius 3 is 2.34 bits per heavy atom. The number of nitrogens with zero attached hydrogens (tertiary/aromatic N) is 1. The molecule has 4 aromatic rings. The zero-order valence-electron chi connectivity index (χ0n) is 15.9. The van der Waals surface area contributed by atoms with Gasteiger partial charge in [-0.2, -0.15) is 9.49 Å². The lowest BCUT2D eigenvalue weighted by Gasteiger charge is -2.18. The van der Waals surface area contributed by atoms with Crippen LogP contribution < -0.4 is 0 Å². The second-order valence-electron chi connectivity index (χ2n) is 6.93. The number of nitrogens with one attached hydrogen (secondary N) is 1. The van der Waals surface area contributed by atoms with E-state index in [0.717, 1.165) is 40.7 Å². The molecule has 0 amide bonds. The number of phenols is 1. The van der Waals surface area contributed by atoms with E-state index in [1.165, 1.54) is 12.1 Å². The number of phenolic OH excluding ortho intramolecular Hbond substituents is 1. The maximum absolute atomic E-state index is 14.9. The number of hydrogen-bond donors (Lipinski definition) is 2. The van der Waals surface area contributed by atoms with Crippen molar-refractivity contribution in [2.24, 2.45) is 0 Å². The van der Waals surface area contributed by atoms with Crippen LogP contribution in [0, 0.1) is 11.6 Å². The summed E-state index contributed by atoms with van der Waals surface area (Å²) in [5.41, 5.74) is 5.13. The van der Waals surface area contributed by atoms with Gasteiger partial charge in [0.05, 0.1) is 6.20 Å². The molecule has 1 aromatic heterocycles. The second-order valence-corrected chi connectivity index (χ2v) is 6.93. The van der Waals surface area contributed by atoms with Gasteiger partial charge in [-0.1, -0.05) is 55.8 Å². The lowest BCUT2D eigenvalue weighted by molar-refractivity contribution is 0.408. The van der Waals surface area contributed by atoms with Crippen LogP contribution in [0.25, 0.3) is 33.4 Å². The van der Waals surface area contributed by atoms with Gasteiger partial charge in [0.25, 0.3) is 0 Å². The predicted molar refractivity (Wildman–Crippen MR) is 110 cm³/mol. The van der Waals surface area contributed by atoms with Crippen molar-refractivity contribution in [3.63, 3.8) is 0 Å². The SMILES string of the molecule is CCCc1cc(-c2cn[nH]c2)c(-c2ccccc2)c(-c2ccc(O)c(F)c2F)c1. The molecule has 146 valence electrons. The van der Waals surface area contributed by atoms with E-state index in [1.807, 2.05) is 36.4 Å².